The van der Waals surface area contributed by atoms with Crippen molar-refractivity contribution in [2.45, 2.75) is 117 Å². The quantitative estimate of drug-likeness (QED) is 0.350. The van der Waals surface area contributed by atoms with Gasteiger partial charge in [-0.1, -0.05) is 51.1 Å². The highest BCUT2D eigenvalue weighted by atomic mass is 16.5. The monoisotopic (exact) mass is 578 g/mol. The van der Waals surface area contributed by atoms with Gasteiger partial charge in [0.25, 0.3) is 0 Å². The number of aryl methyl sites for hydroxylation is 1. The lowest BCUT2D eigenvalue weighted by Crippen LogP contribution is -2.63. The third-order valence-corrected chi connectivity index (χ3v) is 8.38. The second-order valence-corrected chi connectivity index (χ2v) is 14.0. The van der Waals surface area contributed by atoms with Gasteiger partial charge in [0.2, 0.25) is 11.8 Å². The minimum atomic E-state index is -0.946. The second kappa shape index (κ2) is 12.7. The summed E-state index contributed by atoms with van der Waals surface area (Å²) in [6, 6.07) is 12.5. The highest BCUT2D eigenvalue weighted by Gasteiger charge is 2.43. The molecule has 1 unspecified atom stereocenters. The van der Waals surface area contributed by atoms with E-state index in [1.807, 2.05) is 78.8 Å². The van der Waals surface area contributed by atoms with Gasteiger partial charge in [-0.2, -0.15) is 0 Å². The fraction of sp³-hybridized carbons (Fsp3) is 0.588. The molecule has 0 fully saturated rings. The maximum Gasteiger partial charge on any atom is 0.243 e. The van der Waals surface area contributed by atoms with E-state index in [2.05, 4.69) is 28.1 Å². The van der Waals surface area contributed by atoms with Crippen LogP contribution < -0.4 is 20.7 Å². The summed E-state index contributed by atoms with van der Waals surface area (Å²) in [5.41, 5.74) is 3.55. The normalized spacial score (nSPS) is 21.0. The zero-order valence-electron chi connectivity index (χ0n) is 26.6. The molecule has 2 amide bonds. The third-order valence-electron chi connectivity index (χ3n) is 8.38. The van der Waals surface area contributed by atoms with Crippen LogP contribution in [0.2, 0.25) is 0 Å². The van der Waals surface area contributed by atoms with Crippen LogP contribution in [0.5, 0.6) is 5.75 Å². The molecule has 1 aliphatic carbocycles. The van der Waals surface area contributed by atoms with Crippen LogP contribution in [0.15, 0.2) is 42.5 Å². The maximum atomic E-state index is 14.4. The second-order valence-electron chi connectivity index (χ2n) is 14.0. The summed E-state index contributed by atoms with van der Waals surface area (Å²) < 4.78 is 6.13. The number of benzene rings is 2. The highest BCUT2D eigenvalue weighted by Crippen LogP contribution is 2.33. The first-order valence-corrected chi connectivity index (χ1v) is 15.3. The lowest BCUT2D eigenvalue weighted by Gasteiger charge is -2.42. The highest BCUT2D eigenvalue weighted by molar-refractivity contribution is 5.91. The first kappa shape index (κ1) is 32.0. The molecule has 1 aliphatic heterocycles. The van der Waals surface area contributed by atoms with Gasteiger partial charge in [0.05, 0.1) is 12.1 Å². The van der Waals surface area contributed by atoms with Crippen LogP contribution in [0.1, 0.15) is 89.6 Å². The molecule has 0 spiro atoms. The number of hydrogen-bond donors (Lipinski definition) is 4. The molecule has 0 bridgehead atoms. The van der Waals surface area contributed by atoms with Gasteiger partial charge in [0.1, 0.15) is 23.6 Å². The van der Waals surface area contributed by atoms with Crippen molar-refractivity contribution in [3.63, 3.8) is 0 Å². The molecule has 1 heterocycles. The van der Waals surface area contributed by atoms with E-state index in [4.69, 9.17) is 4.74 Å². The van der Waals surface area contributed by atoms with Gasteiger partial charge in [-0.05, 0) is 93.8 Å². The number of rotatable bonds is 8. The number of aliphatic hydroxyl groups is 1. The van der Waals surface area contributed by atoms with Crippen molar-refractivity contribution in [2.75, 3.05) is 7.05 Å². The first-order valence-electron chi connectivity index (χ1n) is 15.3. The number of likely N-dealkylation sites (N-methyl/N-ethyl adjacent to an activating group) is 1. The lowest BCUT2D eigenvalue weighted by molar-refractivity contribution is -0.147. The molecule has 2 aliphatic rings. The van der Waals surface area contributed by atoms with E-state index in [-0.39, 0.29) is 36.0 Å². The summed E-state index contributed by atoms with van der Waals surface area (Å²) in [5, 5.41) is 20.4. The van der Waals surface area contributed by atoms with Crippen molar-refractivity contribution in [1.82, 2.24) is 20.9 Å². The molecule has 4 N–H and O–H groups in total. The fourth-order valence-electron chi connectivity index (χ4n) is 5.95. The minimum Gasteiger partial charge on any atom is -0.488 e. The van der Waals surface area contributed by atoms with Crippen LogP contribution in [0, 0.1) is 5.41 Å². The topological polar surface area (TPSA) is 103 Å². The van der Waals surface area contributed by atoms with Crippen LogP contribution in [-0.4, -0.2) is 58.8 Å². The molecule has 8 heteroatoms. The standard InChI is InChI=1S/C34H50N4O4/c1-21(35-8)30(39)37-29(33(2,3)4)32(41)38-20-24-18-25(42-34(5,6)7)17-16-23(24)19-28(38)31(40)36-27-15-11-13-22-12-9-10-14-26(22)27/h9-10,12,14,16-18,21,27-30,35,37,39H,11,13,15,19-20H2,1-8H3,(H,36,40)/t21-,27+,28-,29+,30?/m0/s1. The van der Waals surface area contributed by atoms with Gasteiger partial charge in [0.15, 0.2) is 0 Å². The average molecular weight is 579 g/mol. The van der Waals surface area contributed by atoms with Crippen molar-refractivity contribution in [2.24, 2.45) is 5.41 Å². The van der Waals surface area contributed by atoms with E-state index < -0.39 is 23.7 Å². The molecular weight excluding hydrogens is 528 g/mol. The molecule has 2 aromatic carbocycles. The van der Waals surface area contributed by atoms with Crippen molar-refractivity contribution in [1.29, 1.82) is 0 Å². The van der Waals surface area contributed by atoms with Gasteiger partial charge in [0, 0.05) is 19.0 Å². The van der Waals surface area contributed by atoms with Gasteiger partial charge in [-0.15, -0.1) is 0 Å². The Hall–Kier alpha value is -2.94. The van der Waals surface area contributed by atoms with Crippen molar-refractivity contribution in [3.05, 3.63) is 64.7 Å². The Balaban J connectivity index is 1.68. The van der Waals surface area contributed by atoms with E-state index in [0.29, 0.717) is 6.42 Å². The van der Waals surface area contributed by atoms with E-state index in [0.717, 1.165) is 41.7 Å². The van der Waals surface area contributed by atoms with E-state index in [9.17, 15) is 14.7 Å². The predicted molar refractivity (Wildman–Crippen MR) is 166 cm³/mol. The number of amides is 2. The summed E-state index contributed by atoms with van der Waals surface area (Å²) >= 11 is 0. The number of carbonyl (C=O) groups is 2. The Labute approximate surface area is 251 Å². The molecule has 42 heavy (non-hydrogen) atoms. The van der Waals surface area contributed by atoms with Crippen molar-refractivity contribution in [3.8, 4) is 5.75 Å². The molecule has 0 radical (unpaired) electrons. The predicted octanol–water partition coefficient (Wildman–Crippen LogP) is 4.24. The van der Waals surface area contributed by atoms with Gasteiger partial charge in [-0.3, -0.25) is 14.9 Å². The lowest BCUT2D eigenvalue weighted by atomic mass is 9.83. The average Bonchev–Trinajstić information content (AvgIpc) is 2.92. The molecule has 4 rings (SSSR count). The van der Waals surface area contributed by atoms with Gasteiger partial charge in [-0.25, -0.2) is 0 Å². The molecular formula is C34H50N4O4. The zero-order chi connectivity index (χ0) is 30.8. The van der Waals surface area contributed by atoms with E-state index in [1.165, 1.54) is 5.56 Å². The number of carbonyl (C=O) groups excluding carboxylic acids is 2. The number of ether oxygens (including phenoxy) is 1. The number of aliphatic hydroxyl groups excluding tert-OH is 1. The van der Waals surface area contributed by atoms with Gasteiger partial charge < -0.3 is 25.4 Å². The van der Waals surface area contributed by atoms with Gasteiger partial charge >= 0.3 is 0 Å². The Morgan fingerprint density at radius 1 is 1.02 bits per heavy atom. The molecule has 5 atom stereocenters. The van der Waals surface area contributed by atoms with Crippen LogP contribution >= 0.6 is 0 Å². The zero-order valence-corrected chi connectivity index (χ0v) is 26.6. The van der Waals surface area contributed by atoms with Crippen LogP contribution in [0.4, 0.5) is 0 Å². The third kappa shape index (κ3) is 7.52. The smallest absolute Gasteiger partial charge is 0.243 e. The summed E-state index contributed by atoms with van der Waals surface area (Å²) in [7, 11) is 1.77. The number of nitrogens with one attached hydrogen (secondary N) is 3. The number of fused-ring (bicyclic) bond motifs is 2. The van der Waals surface area contributed by atoms with Crippen LogP contribution in [-0.2, 0) is 29.0 Å². The van der Waals surface area contributed by atoms with E-state index >= 15 is 0 Å². The number of hydrogen-bond acceptors (Lipinski definition) is 6. The molecule has 8 nitrogen and oxygen atoms in total. The summed E-state index contributed by atoms with van der Waals surface area (Å²) in [5.74, 6) is 0.378. The van der Waals surface area contributed by atoms with Crippen molar-refractivity contribution < 1.29 is 19.4 Å². The summed E-state index contributed by atoms with van der Waals surface area (Å²) in [6.45, 7) is 14.1. The maximum absolute atomic E-state index is 14.4. The molecule has 0 saturated carbocycles. The molecule has 230 valence electrons. The Bertz CT molecular complexity index is 1260. The SMILES string of the molecule is CN[C@@H](C)C(O)N[C@H](C(=O)N1Cc2cc(OC(C)(C)C)ccc2C[C@H]1C(=O)N[C@@H]1CCCc2ccccc21)C(C)(C)C. The summed E-state index contributed by atoms with van der Waals surface area (Å²) in [6.07, 6.45) is 2.34. The Morgan fingerprint density at radius 2 is 1.74 bits per heavy atom. The molecule has 2 aromatic rings. The fourth-order valence-corrected chi connectivity index (χ4v) is 5.95. The number of nitrogens with zero attached hydrogens (tertiary/aromatic N) is 1. The van der Waals surface area contributed by atoms with Crippen molar-refractivity contribution >= 4 is 11.8 Å². The molecule has 0 aromatic heterocycles. The van der Waals surface area contributed by atoms with Crippen LogP contribution in [0.25, 0.3) is 0 Å². The van der Waals surface area contributed by atoms with E-state index in [1.54, 1.807) is 11.9 Å². The van der Waals surface area contributed by atoms with Crippen LogP contribution in [0.3, 0.4) is 0 Å². The summed E-state index contributed by atoms with van der Waals surface area (Å²) in [4.78, 5) is 30.2. The Kier molecular flexibility index (Phi) is 9.70. The molecule has 0 saturated heterocycles. The Morgan fingerprint density at radius 3 is 2.40 bits per heavy atom. The largest absolute Gasteiger partial charge is 0.488 e. The first-order chi connectivity index (χ1) is 19.7. The minimum absolute atomic E-state index is 0.0850.